The van der Waals surface area contributed by atoms with Crippen LogP contribution in [0, 0.1) is 17.2 Å². The smallest absolute Gasteiger partial charge is 0.216 e. The maximum absolute atomic E-state index is 12.2. The fraction of sp³-hybridized carbons (Fsp3) is 0.500. The fourth-order valence-corrected chi connectivity index (χ4v) is 3.96. The average Bonchev–Trinajstić information content (AvgIpc) is 3.23. The molecule has 1 aliphatic carbocycles. The van der Waals surface area contributed by atoms with Gasteiger partial charge in [0.2, 0.25) is 10.0 Å². The lowest BCUT2D eigenvalue weighted by Gasteiger charge is -2.29. The van der Waals surface area contributed by atoms with Gasteiger partial charge in [0, 0.05) is 12.1 Å². The Balaban J connectivity index is 2.08. The molecule has 1 atom stereocenters. The summed E-state index contributed by atoms with van der Waals surface area (Å²) in [7, 11) is -3.44. The molecule has 1 aliphatic rings. The van der Waals surface area contributed by atoms with E-state index in [1.807, 2.05) is 13.0 Å². The molecule has 1 fully saturated rings. The molecule has 108 valence electrons. The highest BCUT2D eigenvalue weighted by Crippen LogP contribution is 2.39. The van der Waals surface area contributed by atoms with E-state index in [0.29, 0.717) is 23.6 Å². The Morgan fingerprint density at radius 1 is 1.40 bits per heavy atom. The molecule has 20 heavy (non-hydrogen) atoms. The van der Waals surface area contributed by atoms with Crippen LogP contribution in [0.4, 0.5) is 0 Å². The minimum Gasteiger partial charge on any atom is -0.329 e. The summed E-state index contributed by atoms with van der Waals surface area (Å²) in [6.07, 6.45) is 2.04. The Bertz CT molecular complexity index is 615. The van der Waals surface area contributed by atoms with Gasteiger partial charge in [-0.1, -0.05) is 12.1 Å². The van der Waals surface area contributed by atoms with E-state index in [2.05, 4.69) is 4.72 Å². The molecule has 0 saturated heterocycles. The Labute approximate surface area is 119 Å². The highest BCUT2D eigenvalue weighted by molar-refractivity contribution is 7.88. The first kappa shape index (κ1) is 15.0. The third-order valence-electron chi connectivity index (χ3n) is 3.73. The molecular weight excluding hydrogens is 274 g/mol. The van der Waals surface area contributed by atoms with Crippen molar-refractivity contribution in [2.24, 2.45) is 11.7 Å². The van der Waals surface area contributed by atoms with E-state index in [4.69, 9.17) is 11.0 Å². The van der Waals surface area contributed by atoms with Crippen molar-refractivity contribution in [1.29, 1.82) is 5.26 Å². The summed E-state index contributed by atoms with van der Waals surface area (Å²) in [6, 6.07) is 8.57. The first-order valence-corrected chi connectivity index (χ1v) is 8.24. The van der Waals surface area contributed by atoms with Gasteiger partial charge in [0.1, 0.15) is 0 Å². The summed E-state index contributed by atoms with van der Waals surface area (Å²) >= 11 is 0. The fourth-order valence-electron chi connectivity index (χ4n) is 2.30. The van der Waals surface area contributed by atoms with Crippen molar-refractivity contribution in [1.82, 2.24) is 4.72 Å². The lowest BCUT2D eigenvalue weighted by Crippen LogP contribution is -2.53. The van der Waals surface area contributed by atoms with Crippen LogP contribution < -0.4 is 10.5 Å². The molecule has 1 saturated carbocycles. The minimum atomic E-state index is -3.44. The van der Waals surface area contributed by atoms with Gasteiger partial charge in [0.25, 0.3) is 0 Å². The third kappa shape index (κ3) is 3.57. The molecule has 1 aromatic carbocycles. The van der Waals surface area contributed by atoms with Crippen LogP contribution in [0.1, 0.15) is 30.9 Å². The SMILES string of the molecule is CC(CN)(NS(=O)(=O)Cc1ccc(C#N)cc1)C1CC1. The third-order valence-corrected chi connectivity index (χ3v) is 5.22. The van der Waals surface area contributed by atoms with E-state index < -0.39 is 15.6 Å². The number of hydrogen-bond acceptors (Lipinski definition) is 4. The predicted molar refractivity (Wildman–Crippen MR) is 77.1 cm³/mol. The van der Waals surface area contributed by atoms with Gasteiger partial charge in [-0.05, 0) is 43.4 Å². The molecule has 0 bridgehead atoms. The van der Waals surface area contributed by atoms with Crippen LogP contribution in [0.25, 0.3) is 0 Å². The van der Waals surface area contributed by atoms with Crippen LogP contribution in [-0.2, 0) is 15.8 Å². The lowest BCUT2D eigenvalue weighted by molar-refractivity contribution is 0.374. The predicted octanol–water partition coefficient (Wildman–Crippen LogP) is 1.11. The van der Waals surface area contributed by atoms with Crippen molar-refractivity contribution in [3.05, 3.63) is 35.4 Å². The highest BCUT2D eigenvalue weighted by atomic mass is 32.2. The Hall–Kier alpha value is -1.42. The number of hydrogen-bond donors (Lipinski definition) is 2. The summed E-state index contributed by atoms with van der Waals surface area (Å²) in [4.78, 5) is 0. The van der Waals surface area contributed by atoms with Gasteiger partial charge >= 0.3 is 0 Å². The van der Waals surface area contributed by atoms with Gasteiger partial charge in [0.05, 0.1) is 17.4 Å². The molecule has 0 aliphatic heterocycles. The van der Waals surface area contributed by atoms with Gasteiger partial charge in [-0.3, -0.25) is 0 Å². The molecule has 2 rings (SSSR count). The summed E-state index contributed by atoms with van der Waals surface area (Å²) in [5.74, 6) is 0.240. The van der Waals surface area contributed by atoms with Crippen LogP contribution in [0.5, 0.6) is 0 Å². The molecule has 0 spiro atoms. The van der Waals surface area contributed by atoms with E-state index in [1.165, 1.54) is 0 Å². The van der Waals surface area contributed by atoms with Gasteiger partial charge in [-0.2, -0.15) is 5.26 Å². The number of sulfonamides is 1. The molecule has 0 radical (unpaired) electrons. The Morgan fingerprint density at radius 2 is 2.00 bits per heavy atom. The summed E-state index contributed by atoms with van der Waals surface area (Å²) in [5, 5.41) is 8.72. The molecule has 0 heterocycles. The van der Waals surface area contributed by atoms with E-state index >= 15 is 0 Å². The number of nitrogens with two attached hydrogens (primary N) is 1. The standard InChI is InChI=1S/C14H19N3O2S/c1-14(10-16,13-6-7-13)17-20(18,19)9-12-4-2-11(8-15)3-5-12/h2-5,13,17H,6-7,9-10,16H2,1H3. The van der Waals surface area contributed by atoms with Crippen molar-refractivity contribution in [3.63, 3.8) is 0 Å². The van der Waals surface area contributed by atoms with Gasteiger partial charge < -0.3 is 5.73 Å². The second-order valence-electron chi connectivity index (χ2n) is 5.57. The summed E-state index contributed by atoms with van der Waals surface area (Å²) < 4.78 is 27.2. The zero-order chi connectivity index (χ0) is 14.8. The van der Waals surface area contributed by atoms with Crippen molar-refractivity contribution >= 4 is 10.0 Å². The monoisotopic (exact) mass is 293 g/mol. The normalized spacial score (nSPS) is 18.2. The number of benzene rings is 1. The number of rotatable bonds is 6. The van der Waals surface area contributed by atoms with Crippen LogP contribution >= 0.6 is 0 Å². The van der Waals surface area contributed by atoms with Crippen molar-refractivity contribution in [3.8, 4) is 6.07 Å². The van der Waals surface area contributed by atoms with E-state index in [9.17, 15) is 8.42 Å². The molecule has 1 aromatic rings. The van der Waals surface area contributed by atoms with Gasteiger partial charge in [-0.15, -0.1) is 0 Å². The second kappa shape index (κ2) is 5.52. The quantitative estimate of drug-likeness (QED) is 0.821. The van der Waals surface area contributed by atoms with Crippen LogP contribution in [0.2, 0.25) is 0 Å². The molecule has 6 heteroatoms. The zero-order valence-corrected chi connectivity index (χ0v) is 12.3. The van der Waals surface area contributed by atoms with Crippen molar-refractivity contribution in [2.75, 3.05) is 6.54 Å². The Morgan fingerprint density at radius 3 is 2.45 bits per heavy atom. The van der Waals surface area contributed by atoms with Gasteiger partial charge in [0.15, 0.2) is 0 Å². The largest absolute Gasteiger partial charge is 0.329 e. The van der Waals surface area contributed by atoms with Crippen LogP contribution in [0.3, 0.4) is 0 Å². The maximum atomic E-state index is 12.2. The number of nitrogens with zero attached hydrogens (tertiary/aromatic N) is 1. The zero-order valence-electron chi connectivity index (χ0n) is 11.5. The number of nitrogens with one attached hydrogen (secondary N) is 1. The van der Waals surface area contributed by atoms with Crippen molar-refractivity contribution in [2.45, 2.75) is 31.1 Å². The maximum Gasteiger partial charge on any atom is 0.216 e. The van der Waals surface area contributed by atoms with Crippen LogP contribution in [-0.4, -0.2) is 20.5 Å². The summed E-state index contributed by atoms with van der Waals surface area (Å²) in [5.41, 5.74) is 6.35. The number of nitriles is 1. The molecule has 3 N–H and O–H groups in total. The molecule has 0 amide bonds. The average molecular weight is 293 g/mol. The van der Waals surface area contributed by atoms with Crippen molar-refractivity contribution < 1.29 is 8.42 Å². The van der Waals surface area contributed by atoms with E-state index in [1.54, 1.807) is 24.3 Å². The summed E-state index contributed by atoms with van der Waals surface area (Å²) in [6.45, 7) is 2.16. The molecular formula is C14H19N3O2S. The van der Waals surface area contributed by atoms with Crippen LogP contribution in [0.15, 0.2) is 24.3 Å². The second-order valence-corrected chi connectivity index (χ2v) is 7.29. The first-order chi connectivity index (χ1) is 9.38. The highest BCUT2D eigenvalue weighted by Gasteiger charge is 2.42. The molecule has 0 aromatic heterocycles. The molecule has 1 unspecified atom stereocenters. The first-order valence-electron chi connectivity index (χ1n) is 6.59. The lowest BCUT2D eigenvalue weighted by atomic mass is 9.98. The van der Waals surface area contributed by atoms with E-state index in [-0.39, 0.29) is 5.75 Å². The topological polar surface area (TPSA) is 96.0 Å². The Kier molecular flexibility index (Phi) is 4.14. The van der Waals surface area contributed by atoms with Gasteiger partial charge in [-0.25, -0.2) is 13.1 Å². The van der Waals surface area contributed by atoms with E-state index in [0.717, 1.165) is 12.8 Å². The molecule has 5 nitrogen and oxygen atoms in total. The minimum absolute atomic E-state index is 0.0962.